The molecule has 2 aromatic carbocycles. The van der Waals surface area contributed by atoms with Crippen molar-refractivity contribution in [3.63, 3.8) is 0 Å². The highest BCUT2D eigenvalue weighted by Crippen LogP contribution is 2.13. The quantitative estimate of drug-likeness (QED) is 0.844. The predicted octanol–water partition coefficient (Wildman–Crippen LogP) is 3.59. The van der Waals surface area contributed by atoms with Crippen LogP contribution in [0.25, 0.3) is 0 Å². The van der Waals surface area contributed by atoms with Crippen LogP contribution in [-0.2, 0) is 0 Å². The molecule has 0 saturated carbocycles. The normalized spacial score (nSPS) is 10.4. The summed E-state index contributed by atoms with van der Waals surface area (Å²) in [6.07, 6.45) is 0. The molecule has 1 amide bonds. The summed E-state index contributed by atoms with van der Waals surface area (Å²) < 4.78 is 18.3. The maximum absolute atomic E-state index is 12.8. The van der Waals surface area contributed by atoms with Crippen LogP contribution in [0.1, 0.15) is 21.5 Å². The number of amides is 1. The molecular formula is C18H20FNO2. The second kappa shape index (κ2) is 7.07. The molecule has 0 unspecified atom stereocenters. The fourth-order valence-electron chi connectivity index (χ4n) is 2.03. The molecule has 0 bridgehead atoms. The molecule has 0 aliphatic heterocycles. The molecule has 0 saturated heterocycles. The summed E-state index contributed by atoms with van der Waals surface area (Å²) in [7, 11) is 1.74. The van der Waals surface area contributed by atoms with Gasteiger partial charge in [0.1, 0.15) is 18.2 Å². The third kappa shape index (κ3) is 4.07. The number of carbonyl (C=O) groups excluding carboxylic acids is 1. The summed E-state index contributed by atoms with van der Waals surface area (Å²) in [6, 6.07) is 11.5. The molecule has 2 rings (SSSR count). The van der Waals surface area contributed by atoms with E-state index in [0.29, 0.717) is 24.5 Å². The predicted molar refractivity (Wildman–Crippen MR) is 84.8 cm³/mol. The summed E-state index contributed by atoms with van der Waals surface area (Å²) in [6.45, 7) is 4.83. The Hall–Kier alpha value is -2.36. The number of nitrogens with zero attached hydrogens (tertiary/aromatic N) is 1. The molecule has 0 fully saturated rings. The molecule has 0 heterocycles. The van der Waals surface area contributed by atoms with Gasteiger partial charge in [0.05, 0.1) is 6.54 Å². The molecule has 0 aliphatic rings. The summed E-state index contributed by atoms with van der Waals surface area (Å²) in [4.78, 5) is 13.9. The molecule has 3 nitrogen and oxygen atoms in total. The van der Waals surface area contributed by atoms with Crippen LogP contribution in [0.2, 0.25) is 0 Å². The SMILES string of the molecule is Cc1ccc(C(=O)N(C)CCOc2ccc(F)cc2)cc1C. The van der Waals surface area contributed by atoms with Crippen LogP contribution >= 0.6 is 0 Å². The maximum Gasteiger partial charge on any atom is 0.253 e. The van der Waals surface area contributed by atoms with E-state index in [0.717, 1.165) is 5.56 Å². The van der Waals surface area contributed by atoms with Gasteiger partial charge < -0.3 is 9.64 Å². The van der Waals surface area contributed by atoms with E-state index in [1.54, 1.807) is 24.1 Å². The lowest BCUT2D eigenvalue weighted by atomic mass is 10.1. The van der Waals surface area contributed by atoms with Crippen LogP contribution in [0, 0.1) is 19.7 Å². The largest absolute Gasteiger partial charge is 0.492 e. The van der Waals surface area contributed by atoms with Crippen LogP contribution in [0.3, 0.4) is 0 Å². The average molecular weight is 301 g/mol. The van der Waals surface area contributed by atoms with Crippen molar-refractivity contribution in [2.45, 2.75) is 13.8 Å². The second-order valence-electron chi connectivity index (χ2n) is 5.33. The monoisotopic (exact) mass is 301 g/mol. The first-order valence-electron chi connectivity index (χ1n) is 7.18. The smallest absolute Gasteiger partial charge is 0.253 e. The van der Waals surface area contributed by atoms with Crippen molar-refractivity contribution < 1.29 is 13.9 Å². The fourth-order valence-corrected chi connectivity index (χ4v) is 2.03. The molecule has 116 valence electrons. The molecule has 0 spiro atoms. The molecule has 2 aromatic rings. The van der Waals surface area contributed by atoms with Gasteiger partial charge in [-0.1, -0.05) is 6.07 Å². The number of rotatable bonds is 5. The highest BCUT2D eigenvalue weighted by atomic mass is 19.1. The van der Waals surface area contributed by atoms with Crippen molar-refractivity contribution in [3.05, 3.63) is 65.0 Å². The lowest BCUT2D eigenvalue weighted by molar-refractivity contribution is 0.0773. The highest BCUT2D eigenvalue weighted by molar-refractivity contribution is 5.94. The Morgan fingerprint density at radius 3 is 2.41 bits per heavy atom. The van der Waals surface area contributed by atoms with Gasteiger partial charge in [0, 0.05) is 12.6 Å². The molecule has 0 radical (unpaired) electrons. The zero-order chi connectivity index (χ0) is 16.1. The van der Waals surface area contributed by atoms with E-state index in [2.05, 4.69) is 0 Å². The van der Waals surface area contributed by atoms with Crippen molar-refractivity contribution in [2.75, 3.05) is 20.2 Å². The van der Waals surface area contributed by atoms with Crippen LogP contribution < -0.4 is 4.74 Å². The van der Waals surface area contributed by atoms with Gasteiger partial charge in [0.15, 0.2) is 0 Å². The molecule has 0 N–H and O–H groups in total. The number of halogens is 1. The Kier molecular flexibility index (Phi) is 5.15. The Balaban J connectivity index is 1.88. The first-order chi connectivity index (χ1) is 10.5. The van der Waals surface area contributed by atoms with Gasteiger partial charge in [0.25, 0.3) is 5.91 Å². The van der Waals surface area contributed by atoms with Gasteiger partial charge in [0.2, 0.25) is 0 Å². The molecular weight excluding hydrogens is 281 g/mol. The van der Waals surface area contributed by atoms with Gasteiger partial charge >= 0.3 is 0 Å². The number of hydrogen-bond acceptors (Lipinski definition) is 2. The van der Waals surface area contributed by atoms with Crippen molar-refractivity contribution in [3.8, 4) is 5.75 Å². The third-order valence-corrected chi connectivity index (χ3v) is 3.61. The number of carbonyl (C=O) groups is 1. The van der Waals surface area contributed by atoms with E-state index in [1.807, 2.05) is 32.0 Å². The lowest BCUT2D eigenvalue weighted by Crippen LogP contribution is -2.30. The van der Waals surface area contributed by atoms with Gasteiger partial charge in [-0.15, -0.1) is 0 Å². The van der Waals surface area contributed by atoms with Crippen molar-refractivity contribution >= 4 is 5.91 Å². The zero-order valence-corrected chi connectivity index (χ0v) is 13.1. The fraction of sp³-hybridized carbons (Fsp3) is 0.278. The number of hydrogen-bond donors (Lipinski definition) is 0. The van der Waals surface area contributed by atoms with E-state index in [1.165, 1.54) is 17.7 Å². The Morgan fingerprint density at radius 2 is 1.77 bits per heavy atom. The Labute approximate surface area is 130 Å². The average Bonchev–Trinajstić information content (AvgIpc) is 2.51. The summed E-state index contributed by atoms with van der Waals surface area (Å²) in [5.74, 6) is 0.258. The van der Waals surface area contributed by atoms with Crippen molar-refractivity contribution in [1.82, 2.24) is 4.90 Å². The number of likely N-dealkylation sites (N-methyl/N-ethyl adjacent to an activating group) is 1. The molecule has 0 aliphatic carbocycles. The van der Waals surface area contributed by atoms with Crippen LogP contribution in [-0.4, -0.2) is 31.0 Å². The molecule has 22 heavy (non-hydrogen) atoms. The van der Waals surface area contributed by atoms with E-state index < -0.39 is 0 Å². The minimum atomic E-state index is -0.297. The van der Waals surface area contributed by atoms with Gasteiger partial charge in [-0.25, -0.2) is 4.39 Å². The van der Waals surface area contributed by atoms with Gasteiger partial charge in [-0.2, -0.15) is 0 Å². The van der Waals surface area contributed by atoms with E-state index in [4.69, 9.17) is 4.74 Å². The van der Waals surface area contributed by atoms with E-state index in [9.17, 15) is 9.18 Å². The standard InChI is InChI=1S/C18H20FNO2/c1-13-4-5-15(12-14(13)2)18(21)20(3)10-11-22-17-8-6-16(19)7-9-17/h4-9,12H,10-11H2,1-3H3. The summed E-state index contributed by atoms with van der Waals surface area (Å²) in [5, 5.41) is 0. The topological polar surface area (TPSA) is 29.5 Å². The third-order valence-electron chi connectivity index (χ3n) is 3.61. The van der Waals surface area contributed by atoms with Gasteiger partial charge in [-0.3, -0.25) is 4.79 Å². The van der Waals surface area contributed by atoms with Crippen LogP contribution in [0.4, 0.5) is 4.39 Å². The first-order valence-corrected chi connectivity index (χ1v) is 7.18. The van der Waals surface area contributed by atoms with Crippen molar-refractivity contribution in [2.24, 2.45) is 0 Å². The molecule has 4 heteroatoms. The Bertz CT molecular complexity index is 653. The molecule has 0 atom stereocenters. The van der Waals surface area contributed by atoms with E-state index in [-0.39, 0.29) is 11.7 Å². The molecule has 0 aromatic heterocycles. The second-order valence-corrected chi connectivity index (χ2v) is 5.33. The van der Waals surface area contributed by atoms with Gasteiger partial charge in [-0.05, 0) is 61.4 Å². The van der Waals surface area contributed by atoms with Crippen LogP contribution in [0.5, 0.6) is 5.75 Å². The van der Waals surface area contributed by atoms with Crippen molar-refractivity contribution in [1.29, 1.82) is 0 Å². The number of benzene rings is 2. The zero-order valence-electron chi connectivity index (χ0n) is 13.1. The summed E-state index contributed by atoms with van der Waals surface area (Å²) in [5.41, 5.74) is 2.94. The first kappa shape index (κ1) is 16.0. The number of aryl methyl sites for hydroxylation is 2. The summed E-state index contributed by atoms with van der Waals surface area (Å²) >= 11 is 0. The number of ether oxygens (including phenoxy) is 1. The van der Waals surface area contributed by atoms with Crippen LogP contribution in [0.15, 0.2) is 42.5 Å². The lowest BCUT2D eigenvalue weighted by Gasteiger charge is -2.18. The van der Waals surface area contributed by atoms with E-state index >= 15 is 0 Å². The minimum absolute atomic E-state index is 0.0363. The minimum Gasteiger partial charge on any atom is -0.492 e. The Morgan fingerprint density at radius 1 is 1.09 bits per heavy atom. The maximum atomic E-state index is 12.8. The highest BCUT2D eigenvalue weighted by Gasteiger charge is 2.12.